The summed E-state index contributed by atoms with van der Waals surface area (Å²) >= 11 is 5.50. The zero-order valence-electron chi connectivity index (χ0n) is 9.29. The highest BCUT2D eigenvalue weighted by Gasteiger charge is 2.34. The topological polar surface area (TPSA) is 15.3 Å². The van der Waals surface area contributed by atoms with E-state index in [0.29, 0.717) is 0 Å². The van der Waals surface area contributed by atoms with Crippen molar-refractivity contribution in [3.8, 4) is 0 Å². The molecule has 0 spiro atoms. The maximum absolute atomic E-state index is 3.63. The number of hydrogen-bond donors (Lipinski definition) is 1. The van der Waals surface area contributed by atoms with Crippen LogP contribution < -0.4 is 5.32 Å². The van der Waals surface area contributed by atoms with Gasteiger partial charge in [0.15, 0.2) is 0 Å². The molecule has 2 fully saturated rings. The summed E-state index contributed by atoms with van der Waals surface area (Å²) in [6, 6.07) is 2.94. The number of nitrogens with one attached hydrogen (secondary N) is 1. The molecule has 0 amide bonds. The van der Waals surface area contributed by atoms with Crippen molar-refractivity contribution in [3.63, 3.8) is 0 Å². The summed E-state index contributed by atoms with van der Waals surface area (Å²) in [7, 11) is 0. The molecule has 3 heterocycles. The lowest BCUT2D eigenvalue weighted by molar-refractivity contribution is 0.118. The molecular weight excluding hydrogens is 284 g/mol. The molecular formula is C12H17BrN2S. The van der Waals surface area contributed by atoms with Gasteiger partial charge >= 0.3 is 0 Å². The first-order chi connectivity index (χ1) is 7.84. The van der Waals surface area contributed by atoms with Gasteiger partial charge < -0.3 is 5.32 Å². The molecule has 2 aliphatic heterocycles. The molecule has 0 saturated carbocycles. The minimum Gasteiger partial charge on any atom is -0.315 e. The van der Waals surface area contributed by atoms with Crippen LogP contribution in [0.25, 0.3) is 0 Å². The summed E-state index contributed by atoms with van der Waals surface area (Å²) in [6.07, 6.45) is 2.78. The molecule has 2 atom stereocenters. The van der Waals surface area contributed by atoms with Crippen molar-refractivity contribution < 1.29 is 0 Å². The van der Waals surface area contributed by atoms with Crippen molar-refractivity contribution in [2.45, 2.75) is 25.4 Å². The fraction of sp³-hybridized carbons (Fsp3) is 0.667. The summed E-state index contributed by atoms with van der Waals surface area (Å²) in [5, 5.41) is 5.71. The molecule has 2 saturated heterocycles. The Morgan fingerprint density at radius 1 is 1.50 bits per heavy atom. The molecule has 2 unspecified atom stereocenters. The van der Waals surface area contributed by atoms with E-state index < -0.39 is 0 Å². The number of halogens is 1. The fourth-order valence-corrected chi connectivity index (χ4v) is 4.48. The molecule has 2 nitrogen and oxygen atoms in total. The summed E-state index contributed by atoms with van der Waals surface area (Å²) in [6.45, 7) is 4.81. The van der Waals surface area contributed by atoms with Gasteiger partial charge in [-0.3, -0.25) is 4.90 Å². The van der Waals surface area contributed by atoms with Crippen molar-refractivity contribution in [3.05, 3.63) is 20.8 Å². The van der Waals surface area contributed by atoms with Crippen LogP contribution >= 0.6 is 27.3 Å². The second-order valence-corrected chi connectivity index (χ2v) is 6.65. The predicted molar refractivity (Wildman–Crippen MR) is 71.8 cm³/mol. The summed E-state index contributed by atoms with van der Waals surface area (Å²) < 4.78 is 1.28. The average Bonchev–Trinajstić information content (AvgIpc) is 2.89. The van der Waals surface area contributed by atoms with Crippen LogP contribution in [-0.4, -0.2) is 30.6 Å². The van der Waals surface area contributed by atoms with Gasteiger partial charge in [-0.05, 0) is 59.2 Å². The van der Waals surface area contributed by atoms with Gasteiger partial charge in [0.1, 0.15) is 0 Å². The summed E-state index contributed by atoms with van der Waals surface area (Å²) in [5.41, 5.74) is 0. The van der Waals surface area contributed by atoms with E-state index in [1.165, 1.54) is 41.8 Å². The quantitative estimate of drug-likeness (QED) is 0.903. The number of likely N-dealkylation sites (tertiary alicyclic amines) is 1. The van der Waals surface area contributed by atoms with Crippen LogP contribution in [0.2, 0.25) is 0 Å². The van der Waals surface area contributed by atoms with Gasteiger partial charge in [0.05, 0.1) is 0 Å². The lowest BCUT2D eigenvalue weighted by atomic mass is 9.92. The highest BCUT2D eigenvalue weighted by Crippen LogP contribution is 2.31. The van der Waals surface area contributed by atoms with Crippen LogP contribution in [0.4, 0.5) is 0 Å². The Kier molecular flexibility index (Phi) is 3.34. The Labute approximate surface area is 109 Å². The first-order valence-electron chi connectivity index (χ1n) is 6.01. The second-order valence-electron chi connectivity index (χ2n) is 4.79. The Morgan fingerprint density at radius 3 is 3.25 bits per heavy atom. The maximum atomic E-state index is 3.63. The van der Waals surface area contributed by atoms with Gasteiger partial charge in [0.2, 0.25) is 0 Å². The SMILES string of the molecule is Brc1ccsc1CN1CCCC2CNCC21. The average molecular weight is 301 g/mol. The molecule has 1 N–H and O–H groups in total. The lowest BCUT2D eigenvalue weighted by Gasteiger charge is -2.36. The van der Waals surface area contributed by atoms with Crippen LogP contribution in [0.5, 0.6) is 0 Å². The second kappa shape index (κ2) is 4.77. The molecule has 0 aliphatic carbocycles. The molecule has 0 aromatic carbocycles. The lowest BCUT2D eigenvalue weighted by Crippen LogP contribution is -2.44. The minimum absolute atomic E-state index is 0.780. The maximum Gasteiger partial charge on any atom is 0.0342 e. The molecule has 3 rings (SSSR count). The summed E-state index contributed by atoms with van der Waals surface area (Å²) in [4.78, 5) is 4.15. The Balaban J connectivity index is 1.72. The number of piperidine rings is 1. The number of thiophene rings is 1. The Hall–Kier alpha value is 0.1000. The van der Waals surface area contributed by atoms with Crippen LogP contribution in [0.3, 0.4) is 0 Å². The third-order valence-electron chi connectivity index (χ3n) is 3.83. The molecule has 0 bridgehead atoms. The van der Waals surface area contributed by atoms with Crippen LogP contribution in [0.1, 0.15) is 17.7 Å². The molecule has 1 aromatic rings. The van der Waals surface area contributed by atoms with E-state index in [9.17, 15) is 0 Å². The zero-order valence-corrected chi connectivity index (χ0v) is 11.7. The van der Waals surface area contributed by atoms with E-state index in [1.54, 1.807) is 0 Å². The Morgan fingerprint density at radius 2 is 2.44 bits per heavy atom. The fourth-order valence-electron chi connectivity index (χ4n) is 2.98. The third kappa shape index (κ3) is 2.08. The summed E-state index contributed by atoms with van der Waals surface area (Å²) in [5.74, 6) is 0.896. The number of rotatable bonds is 2. The van der Waals surface area contributed by atoms with Gasteiger partial charge in [0.25, 0.3) is 0 Å². The third-order valence-corrected chi connectivity index (χ3v) is 5.74. The van der Waals surface area contributed by atoms with E-state index in [-0.39, 0.29) is 0 Å². The smallest absolute Gasteiger partial charge is 0.0342 e. The van der Waals surface area contributed by atoms with E-state index in [2.05, 4.69) is 37.6 Å². The van der Waals surface area contributed by atoms with Crippen molar-refractivity contribution in [2.75, 3.05) is 19.6 Å². The van der Waals surface area contributed by atoms with Crippen LogP contribution in [0, 0.1) is 5.92 Å². The Bertz CT molecular complexity index is 366. The van der Waals surface area contributed by atoms with Gasteiger partial charge in [-0.15, -0.1) is 11.3 Å². The first kappa shape index (κ1) is 11.2. The number of hydrogen-bond acceptors (Lipinski definition) is 3. The van der Waals surface area contributed by atoms with E-state index in [0.717, 1.165) is 18.5 Å². The number of nitrogens with zero attached hydrogens (tertiary/aromatic N) is 1. The molecule has 88 valence electrons. The highest BCUT2D eigenvalue weighted by molar-refractivity contribution is 9.10. The van der Waals surface area contributed by atoms with Crippen molar-refractivity contribution in [1.29, 1.82) is 0 Å². The van der Waals surface area contributed by atoms with E-state index in [4.69, 9.17) is 0 Å². The standard InChI is InChI=1S/C12H17BrN2S/c13-10-3-5-16-12(10)8-15-4-1-2-9-6-14-7-11(9)15/h3,5,9,11,14H,1-2,4,6-8H2. The monoisotopic (exact) mass is 300 g/mol. The van der Waals surface area contributed by atoms with Crippen molar-refractivity contribution >= 4 is 27.3 Å². The van der Waals surface area contributed by atoms with Crippen molar-refractivity contribution in [2.24, 2.45) is 5.92 Å². The molecule has 1 aromatic heterocycles. The minimum atomic E-state index is 0.780. The largest absolute Gasteiger partial charge is 0.315 e. The molecule has 4 heteroatoms. The van der Waals surface area contributed by atoms with E-state index in [1.807, 2.05) is 11.3 Å². The van der Waals surface area contributed by atoms with Crippen molar-refractivity contribution in [1.82, 2.24) is 10.2 Å². The zero-order chi connectivity index (χ0) is 11.0. The van der Waals surface area contributed by atoms with Gasteiger partial charge in [0, 0.05) is 28.5 Å². The van der Waals surface area contributed by atoms with Crippen LogP contribution in [-0.2, 0) is 6.54 Å². The molecule has 2 aliphatic rings. The van der Waals surface area contributed by atoms with Gasteiger partial charge in [-0.25, -0.2) is 0 Å². The predicted octanol–water partition coefficient (Wildman–Crippen LogP) is 2.69. The van der Waals surface area contributed by atoms with Gasteiger partial charge in [-0.2, -0.15) is 0 Å². The van der Waals surface area contributed by atoms with E-state index >= 15 is 0 Å². The first-order valence-corrected chi connectivity index (χ1v) is 7.68. The normalized spacial score (nSPS) is 30.6. The number of fused-ring (bicyclic) bond motifs is 1. The highest BCUT2D eigenvalue weighted by atomic mass is 79.9. The molecule has 16 heavy (non-hydrogen) atoms. The van der Waals surface area contributed by atoms with Crippen LogP contribution in [0.15, 0.2) is 15.9 Å². The molecule has 0 radical (unpaired) electrons. The van der Waals surface area contributed by atoms with Gasteiger partial charge in [-0.1, -0.05) is 0 Å².